The van der Waals surface area contributed by atoms with Crippen LogP contribution in [0.4, 0.5) is 0 Å². The van der Waals surface area contributed by atoms with Gasteiger partial charge in [-0.1, -0.05) is 24.6 Å². The van der Waals surface area contributed by atoms with Crippen molar-refractivity contribution in [1.82, 2.24) is 30.3 Å². The molecule has 0 aliphatic carbocycles. The molecule has 1 saturated heterocycles. The van der Waals surface area contributed by atoms with Crippen molar-refractivity contribution in [1.29, 1.82) is 0 Å². The van der Waals surface area contributed by atoms with E-state index in [1.54, 1.807) is 0 Å². The number of aryl methyl sites for hydroxylation is 3. The van der Waals surface area contributed by atoms with E-state index < -0.39 is 0 Å². The number of hydrogen-bond acceptors (Lipinski definition) is 6. The van der Waals surface area contributed by atoms with E-state index in [0.29, 0.717) is 32.8 Å². The minimum atomic E-state index is -0.353. The number of rotatable bonds is 5. The van der Waals surface area contributed by atoms with Gasteiger partial charge >= 0.3 is 0 Å². The Labute approximate surface area is 207 Å². The standard InChI is InChI=1S/C26H38N6O3/c1-20-29-21(2)32(30-20)17-13-27-24(33)19-31-15-11-26(12-16-31)10-6-5-8-22-7-3-4-9-23(22)35-18-14-28-25(26)34/h3-4,7,9H,5-6,8,10-19H2,1-2H3,(H,27,33)(H,28,34). The molecule has 0 atom stereocenters. The van der Waals surface area contributed by atoms with Gasteiger partial charge in [0, 0.05) is 6.54 Å². The fourth-order valence-corrected chi connectivity index (χ4v) is 5.21. The Hall–Kier alpha value is -2.94. The van der Waals surface area contributed by atoms with Crippen LogP contribution in [0, 0.1) is 19.3 Å². The molecule has 2 amide bonds. The summed E-state index contributed by atoms with van der Waals surface area (Å²) in [5.41, 5.74) is 0.886. The Morgan fingerprint density at radius 1 is 1.17 bits per heavy atom. The molecule has 4 rings (SSSR count). The lowest BCUT2D eigenvalue weighted by atomic mass is 9.73. The fraction of sp³-hybridized carbons (Fsp3) is 0.615. The fourth-order valence-electron chi connectivity index (χ4n) is 5.21. The summed E-state index contributed by atoms with van der Waals surface area (Å²) in [7, 11) is 0. The predicted octanol–water partition coefficient (Wildman–Crippen LogP) is 2.01. The number of hydrogen-bond donors (Lipinski definition) is 2. The second-order valence-corrected chi connectivity index (χ2v) is 9.75. The van der Waals surface area contributed by atoms with Crippen LogP contribution in [0.5, 0.6) is 5.75 Å². The molecule has 2 aromatic rings. The highest BCUT2D eigenvalue weighted by Crippen LogP contribution is 2.37. The lowest BCUT2D eigenvalue weighted by Crippen LogP contribution is -2.51. The van der Waals surface area contributed by atoms with E-state index in [1.165, 1.54) is 5.56 Å². The van der Waals surface area contributed by atoms with Gasteiger partial charge in [-0.3, -0.25) is 14.5 Å². The maximum atomic E-state index is 13.2. The van der Waals surface area contributed by atoms with Crippen molar-refractivity contribution in [3.05, 3.63) is 41.5 Å². The van der Waals surface area contributed by atoms with Crippen molar-refractivity contribution < 1.29 is 14.3 Å². The third-order valence-electron chi connectivity index (χ3n) is 7.24. The van der Waals surface area contributed by atoms with Gasteiger partial charge in [-0.15, -0.1) is 0 Å². The normalized spacial score (nSPS) is 19.1. The minimum absolute atomic E-state index is 0.00870. The monoisotopic (exact) mass is 482 g/mol. The van der Waals surface area contributed by atoms with E-state index in [0.717, 1.165) is 69.0 Å². The van der Waals surface area contributed by atoms with Crippen LogP contribution in [-0.4, -0.2) is 70.8 Å². The number of fused-ring (bicyclic) bond motifs is 1. The number of ether oxygens (including phenoxy) is 1. The number of nitrogens with one attached hydrogen (secondary N) is 2. The Kier molecular flexibility index (Phi) is 8.38. The maximum absolute atomic E-state index is 13.2. The molecule has 3 heterocycles. The van der Waals surface area contributed by atoms with Gasteiger partial charge in [0.15, 0.2) is 0 Å². The van der Waals surface area contributed by atoms with Crippen molar-refractivity contribution in [2.24, 2.45) is 5.41 Å². The molecule has 1 aromatic heterocycles. The number of nitrogens with zero attached hydrogens (tertiary/aromatic N) is 4. The summed E-state index contributed by atoms with van der Waals surface area (Å²) in [6.07, 6.45) is 5.45. The molecular formula is C26H38N6O3. The minimum Gasteiger partial charge on any atom is -0.491 e. The smallest absolute Gasteiger partial charge is 0.234 e. The van der Waals surface area contributed by atoms with Crippen molar-refractivity contribution in [3.63, 3.8) is 0 Å². The van der Waals surface area contributed by atoms with Gasteiger partial charge in [0.05, 0.1) is 25.0 Å². The van der Waals surface area contributed by atoms with Crippen LogP contribution in [0.2, 0.25) is 0 Å². The van der Waals surface area contributed by atoms with E-state index in [9.17, 15) is 9.59 Å². The van der Waals surface area contributed by atoms with Gasteiger partial charge in [-0.2, -0.15) is 5.10 Å². The third kappa shape index (κ3) is 6.60. The van der Waals surface area contributed by atoms with E-state index in [-0.39, 0.29) is 17.2 Å². The first-order chi connectivity index (χ1) is 16.9. The number of carbonyl (C=O) groups excluding carboxylic acids is 2. The number of amides is 2. The summed E-state index contributed by atoms with van der Waals surface area (Å²) in [5, 5.41) is 10.4. The molecule has 0 bridgehead atoms. The lowest BCUT2D eigenvalue weighted by Gasteiger charge is -2.40. The quantitative estimate of drug-likeness (QED) is 0.676. The molecular weight excluding hydrogens is 444 g/mol. The van der Waals surface area contributed by atoms with Gasteiger partial charge < -0.3 is 15.4 Å². The Balaban J connectivity index is 1.25. The van der Waals surface area contributed by atoms with Crippen LogP contribution >= 0.6 is 0 Å². The SMILES string of the molecule is Cc1nc(C)n(CCNC(=O)CN2CCC3(CCCCc4ccccc4OCCNC3=O)CC2)n1. The average Bonchev–Trinajstić information content (AvgIpc) is 3.17. The van der Waals surface area contributed by atoms with Gasteiger partial charge in [-0.25, -0.2) is 9.67 Å². The molecule has 9 heteroatoms. The zero-order valence-electron chi connectivity index (χ0n) is 21.0. The van der Waals surface area contributed by atoms with Crippen molar-refractivity contribution in [3.8, 4) is 5.75 Å². The number of piperidine rings is 1. The molecule has 1 fully saturated rings. The first-order valence-electron chi connectivity index (χ1n) is 12.8. The molecule has 9 nitrogen and oxygen atoms in total. The molecule has 190 valence electrons. The largest absolute Gasteiger partial charge is 0.491 e. The van der Waals surface area contributed by atoms with Gasteiger partial charge in [0.1, 0.15) is 24.0 Å². The first kappa shape index (κ1) is 25.2. The van der Waals surface area contributed by atoms with Gasteiger partial charge in [0.25, 0.3) is 0 Å². The van der Waals surface area contributed by atoms with Crippen molar-refractivity contribution >= 4 is 11.8 Å². The third-order valence-corrected chi connectivity index (χ3v) is 7.24. The zero-order valence-corrected chi connectivity index (χ0v) is 21.0. The second kappa shape index (κ2) is 11.7. The van der Waals surface area contributed by atoms with E-state index in [1.807, 2.05) is 30.7 Å². The lowest BCUT2D eigenvalue weighted by molar-refractivity contribution is -0.135. The van der Waals surface area contributed by atoms with Crippen LogP contribution < -0.4 is 15.4 Å². The molecule has 2 N–H and O–H groups in total. The number of benzene rings is 1. The molecule has 0 saturated carbocycles. The van der Waals surface area contributed by atoms with Crippen LogP contribution in [0.15, 0.2) is 24.3 Å². The van der Waals surface area contributed by atoms with Crippen molar-refractivity contribution in [2.75, 3.05) is 39.3 Å². The molecule has 1 spiro atoms. The van der Waals surface area contributed by atoms with Crippen molar-refractivity contribution in [2.45, 2.75) is 58.9 Å². The topological polar surface area (TPSA) is 101 Å². The maximum Gasteiger partial charge on any atom is 0.234 e. The van der Waals surface area contributed by atoms with Gasteiger partial charge in [-0.05, 0) is 70.7 Å². The first-order valence-corrected chi connectivity index (χ1v) is 12.8. The molecule has 35 heavy (non-hydrogen) atoms. The van der Waals surface area contributed by atoms with Gasteiger partial charge in [0.2, 0.25) is 11.8 Å². The summed E-state index contributed by atoms with van der Waals surface area (Å²) in [4.78, 5) is 32.1. The van der Waals surface area contributed by atoms with Crippen LogP contribution in [0.25, 0.3) is 0 Å². The molecule has 1 aromatic carbocycles. The Morgan fingerprint density at radius 2 is 1.97 bits per heavy atom. The highest BCUT2D eigenvalue weighted by molar-refractivity contribution is 5.83. The van der Waals surface area contributed by atoms with Crippen LogP contribution in [0.1, 0.15) is 49.3 Å². The summed E-state index contributed by atoms with van der Waals surface area (Å²) in [6, 6.07) is 8.19. The summed E-state index contributed by atoms with van der Waals surface area (Å²) in [5.74, 6) is 2.66. The molecule has 2 aliphatic heterocycles. The second-order valence-electron chi connectivity index (χ2n) is 9.75. The highest BCUT2D eigenvalue weighted by atomic mass is 16.5. The molecule has 0 unspecified atom stereocenters. The predicted molar refractivity (Wildman–Crippen MR) is 133 cm³/mol. The van der Waals surface area contributed by atoms with E-state index in [4.69, 9.17) is 4.74 Å². The number of likely N-dealkylation sites (tertiary alicyclic amines) is 1. The van der Waals surface area contributed by atoms with Crippen LogP contribution in [-0.2, 0) is 22.6 Å². The Bertz CT molecular complexity index is 1010. The number of para-hydroxylation sites is 1. The zero-order chi connectivity index (χ0) is 24.7. The highest BCUT2D eigenvalue weighted by Gasteiger charge is 2.40. The van der Waals surface area contributed by atoms with Crippen LogP contribution in [0.3, 0.4) is 0 Å². The van der Waals surface area contributed by atoms with E-state index >= 15 is 0 Å². The molecule has 0 radical (unpaired) electrons. The number of carbonyl (C=O) groups is 2. The summed E-state index contributed by atoms with van der Waals surface area (Å²) >= 11 is 0. The number of aromatic nitrogens is 3. The van der Waals surface area contributed by atoms with E-state index in [2.05, 4.69) is 37.7 Å². The molecule has 2 aliphatic rings. The average molecular weight is 483 g/mol. The Morgan fingerprint density at radius 3 is 2.74 bits per heavy atom. The summed E-state index contributed by atoms with van der Waals surface area (Å²) < 4.78 is 7.75. The summed E-state index contributed by atoms with van der Waals surface area (Å²) in [6.45, 7) is 7.74.